The Hall–Kier alpha value is -0.760. The molecule has 10 heavy (non-hydrogen) atoms. The molecule has 1 unspecified atom stereocenters. The number of nitrogens with one attached hydrogen (secondary N) is 1. The predicted molar refractivity (Wildman–Crippen MR) is 43.6 cm³/mol. The Morgan fingerprint density at radius 3 is 2.70 bits per heavy atom. The van der Waals surface area contributed by atoms with Gasteiger partial charge in [-0.05, 0) is 19.9 Å². The van der Waals surface area contributed by atoms with E-state index < -0.39 is 0 Å². The van der Waals surface area contributed by atoms with Crippen molar-refractivity contribution in [2.75, 3.05) is 7.11 Å². The molecule has 0 fully saturated rings. The fraction of sp³-hybridized carbons (Fsp3) is 0.500. The van der Waals surface area contributed by atoms with Gasteiger partial charge in [0.2, 0.25) is 0 Å². The molecule has 0 bridgehead atoms. The largest absolute Gasteiger partial charge is 0.364 e. The second-order valence-electron chi connectivity index (χ2n) is 2.11. The van der Waals surface area contributed by atoms with Crippen LogP contribution in [0, 0.1) is 0 Å². The fourth-order valence-corrected chi connectivity index (χ4v) is 0.604. The van der Waals surface area contributed by atoms with Crippen LogP contribution in [0.2, 0.25) is 0 Å². The molecule has 2 nitrogen and oxygen atoms in total. The van der Waals surface area contributed by atoms with Crippen LogP contribution in [0.5, 0.6) is 0 Å². The Morgan fingerprint density at radius 2 is 2.30 bits per heavy atom. The van der Waals surface area contributed by atoms with Gasteiger partial charge in [-0.15, -0.1) is 0 Å². The van der Waals surface area contributed by atoms with Crippen molar-refractivity contribution in [2.24, 2.45) is 0 Å². The zero-order valence-electron chi connectivity index (χ0n) is 6.85. The standard InChI is InChI=1S/C8H15NO/c1-5-6-7(2)9-8(3)10-4/h5-6,8-9H,1H2,2-4H3/b7-6+. The van der Waals surface area contributed by atoms with Crippen LogP contribution < -0.4 is 5.32 Å². The third-order valence-electron chi connectivity index (χ3n) is 1.15. The van der Waals surface area contributed by atoms with E-state index in [1.54, 1.807) is 13.2 Å². The Bertz CT molecular complexity index is 129. The number of hydrogen-bond donors (Lipinski definition) is 1. The SMILES string of the molecule is C=C/C=C(\C)NC(C)OC. The molecule has 0 radical (unpaired) electrons. The average Bonchev–Trinajstić information content (AvgIpc) is 1.88. The molecule has 1 atom stereocenters. The topological polar surface area (TPSA) is 21.3 Å². The van der Waals surface area contributed by atoms with Gasteiger partial charge in [-0.25, -0.2) is 0 Å². The lowest BCUT2D eigenvalue weighted by Crippen LogP contribution is -2.25. The van der Waals surface area contributed by atoms with Crippen LogP contribution in [0.25, 0.3) is 0 Å². The zero-order valence-corrected chi connectivity index (χ0v) is 6.85. The van der Waals surface area contributed by atoms with Crippen molar-refractivity contribution in [1.29, 1.82) is 0 Å². The molecule has 0 aliphatic carbocycles. The molecule has 0 spiro atoms. The first-order chi connectivity index (χ1) is 4.70. The number of rotatable bonds is 4. The second-order valence-corrected chi connectivity index (χ2v) is 2.11. The molecular weight excluding hydrogens is 126 g/mol. The van der Waals surface area contributed by atoms with E-state index in [-0.39, 0.29) is 6.23 Å². The third-order valence-corrected chi connectivity index (χ3v) is 1.15. The van der Waals surface area contributed by atoms with Gasteiger partial charge in [-0.2, -0.15) is 0 Å². The second kappa shape index (κ2) is 5.06. The molecule has 0 aliphatic rings. The molecule has 0 rings (SSSR count). The summed E-state index contributed by atoms with van der Waals surface area (Å²) in [7, 11) is 1.67. The van der Waals surface area contributed by atoms with Gasteiger partial charge in [-0.3, -0.25) is 0 Å². The van der Waals surface area contributed by atoms with Gasteiger partial charge in [0.1, 0.15) is 6.23 Å². The summed E-state index contributed by atoms with van der Waals surface area (Å²) in [6.07, 6.45) is 3.71. The molecule has 0 amide bonds. The summed E-state index contributed by atoms with van der Waals surface area (Å²) < 4.78 is 4.98. The quantitative estimate of drug-likeness (QED) is 0.475. The maximum Gasteiger partial charge on any atom is 0.124 e. The van der Waals surface area contributed by atoms with E-state index in [1.807, 2.05) is 19.9 Å². The molecule has 0 aromatic heterocycles. The van der Waals surface area contributed by atoms with Gasteiger partial charge < -0.3 is 10.1 Å². The minimum Gasteiger partial charge on any atom is -0.364 e. The molecule has 0 heterocycles. The Labute approximate surface area is 62.6 Å². The predicted octanol–water partition coefficient (Wildman–Crippen LogP) is 1.66. The van der Waals surface area contributed by atoms with E-state index in [1.165, 1.54) is 0 Å². The minimum absolute atomic E-state index is 0.0659. The number of methoxy groups -OCH3 is 1. The summed E-state index contributed by atoms with van der Waals surface area (Å²) in [5, 5.41) is 3.10. The van der Waals surface area contributed by atoms with Gasteiger partial charge in [0, 0.05) is 12.8 Å². The highest BCUT2D eigenvalue weighted by Gasteiger charge is 1.94. The van der Waals surface area contributed by atoms with Crippen LogP contribution in [-0.4, -0.2) is 13.3 Å². The number of allylic oxidation sites excluding steroid dienone is 3. The number of ether oxygens (including phenoxy) is 1. The van der Waals surface area contributed by atoms with Crippen LogP contribution in [0.1, 0.15) is 13.8 Å². The van der Waals surface area contributed by atoms with Crippen molar-refractivity contribution in [3.05, 3.63) is 24.4 Å². The zero-order chi connectivity index (χ0) is 7.98. The molecule has 2 heteroatoms. The van der Waals surface area contributed by atoms with E-state index >= 15 is 0 Å². The van der Waals surface area contributed by atoms with Gasteiger partial charge in [-0.1, -0.05) is 12.7 Å². The molecule has 0 aliphatic heterocycles. The normalized spacial score (nSPS) is 14.5. The van der Waals surface area contributed by atoms with Gasteiger partial charge in [0.15, 0.2) is 0 Å². The summed E-state index contributed by atoms with van der Waals surface area (Å²) in [6, 6.07) is 0. The van der Waals surface area contributed by atoms with Crippen molar-refractivity contribution in [1.82, 2.24) is 5.32 Å². The molecule has 0 saturated carbocycles. The first-order valence-corrected chi connectivity index (χ1v) is 3.29. The number of hydrogen-bond acceptors (Lipinski definition) is 2. The minimum atomic E-state index is 0.0659. The van der Waals surface area contributed by atoms with Crippen LogP contribution >= 0.6 is 0 Å². The van der Waals surface area contributed by atoms with Gasteiger partial charge >= 0.3 is 0 Å². The smallest absolute Gasteiger partial charge is 0.124 e. The molecule has 0 aromatic carbocycles. The van der Waals surface area contributed by atoms with Crippen molar-refractivity contribution in [3.8, 4) is 0 Å². The maximum absolute atomic E-state index is 4.98. The third kappa shape index (κ3) is 4.15. The average molecular weight is 141 g/mol. The van der Waals surface area contributed by atoms with Gasteiger partial charge in [0.25, 0.3) is 0 Å². The highest BCUT2D eigenvalue weighted by atomic mass is 16.5. The van der Waals surface area contributed by atoms with Crippen LogP contribution in [-0.2, 0) is 4.74 Å². The highest BCUT2D eigenvalue weighted by Crippen LogP contribution is 1.90. The van der Waals surface area contributed by atoms with Crippen molar-refractivity contribution in [2.45, 2.75) is 20.1 Å². The van der Waals surface area contributed by atoms with E-state index in [2.05, 4.69) is 11.9 Å². The Morgan fingerprint density at radius 1 is 1.70 bits per heavy atom. The first-order valence-electron chi connectivity index (χ1n) is 3.29. The van der Waals surface area contributed by atoms with E-state index in [9.17, 15) is 0 Å². The summed E-state index contributed by atoms with van der Waals surface area (Å²) in [6.45, 7) is 7.49. The summed E-state index contributed by atoms with van der Waals surface area (Å²) in [5.41, 5.74) is 1.06. The van der Waals surface area contributed by atoms with Crippen LogP contribution in [0.3, 0.4) is 0 Å². The van der Waals surface area contributed by atoms with Crippen molar-refractivity contribution in [3.63, 3.8) is 0 Å². The monoisotopic (exact) mass is 141 g/mol. The molecule has 0 aromatic rings. The molecular formula is C8H15NO. The van der Waals surface area contributed by atoms with E-state index in [0.717, 1.165) is 5.70 Å². The Kier molecular flexibility index (Phi) is 4.67. The summed E-state index contributed by atoms with van der Waals surface area (Å²) >= 11 is 0. The fourth-order valence-electron chi connectivity index (χ4n) is 0.604. The lowest BCUT2D eigenvalue weighted by Gasteiger charge is -2.12. The molecule has 58 valence electrons. The molecule has 0 saturated heterocycles. The van der Waals surface area contributed by atoms with Crippen LogP contribution in [0.15, 0.2) is 24.4 Å². The Balaban J connectivity index is 3.66. The summed E-state index contributed by atoms with van der Waals surface area (Å²) in [5.74, 6) is 0. The van der Waals surface area contributed by atoms with Crippen molar-refractivity contribution >= 4 is 0 Å². The van der Waals surface area contributed by atoms with E-state index in [0.29, 0.717) is 0 Å². The maximum atomic E-state index is 4.98. The van der Waals surface area contributed by atoms with Gasteiger partial charge in [0.05, 0.1) is 0 Å². The highest BCUT2D eigenvalue weighted by molar-refractivity contribution is 5.05. The van der Waals surface area contributed by atoms with Crippen molar-refractivity contribution < 1.29 is 4.74 Å². The molecule has 1 N–H and O–H groups in total. The van der Waals surface area contributed by atoms with E-state index in [4.69, 9.17) is 4.74 Å². The lowest BCUT2D eigenvalue weighted by atomic mass is 10.4. The van der Waals surface area contributed by atoms with Crippen LogP contribution in [0.4, 0.5) is 0 Å². The lowest BCUT2D eigenvalue weighted by molar-refractivity contribution is 0.0985. The summed E-state index contributed by atoms with van der Waals surface area (Å²) in [4.78, 5) is 0. The first kappa shape index (κ1) is 9.24.